The Hall–Kier alpha value is -1.13. The van der Waals surface area contributed by atoms with E-state index in [1.165, 1.54) is 5.56 Å². The van der Waals surface area contributed by atoms with Crippen molar-refractivity contribution in [1.82, 2.24) is 4.98 Å². The lowest BCUT2D eigenvalue weighted by molar-refractivity contribution is 0.617. The van der Waals surface area contributed by atoms with Crippen LogP contribution in [0.25, 0.3) is 22.6 Å². The van der Waals surface area contributed by atoms with Gasteiger partial charge in [0.05, 0.1) is 0 Å². The molecule has 0 aliphatic heterocycles. The molecule has 1 heterocycles. The number of halogens is 2. The molecule has 102 valence electrons. The third-order valence-corrected chi connectivity index (χ3v) is 5.25. The van der Waals surface area contributed by atoms with Crippen LogP contribution < -0.4 is 0 Å². The second-order valence-corrected chi connectivity index (χ2v) is 6.65. The van der Waals surface area contributed by atoms with Gasteiger partial charge in [-0.3, -0.25) is 0 Å². The van der Waals surface area contributed by atoms with E-state index >= 15 is 0 Å². The molecular weight excluding hydrogens is 382 g/mol. The molecule has 3 aromatic rings. The summed E-state index contributed by atoms with van der Waals surface area (Å²) in [4.78, 5) is 4.59. The molecule has 0 saturated carbocycles. The lowest BCUT2D eigenvalue weighted by Gasteiger charge is -2.04. The first-order valence-corrected chi connectivity index (χ1v) is 7.88. The van der Waals surface area contributed by atoms with Crippen molar-refractivity contribution < 1.29 is 4.42 Å². The number of oxazole rings is 1. The van der Waals surface area contributed by atoms with Gasteiger partial charge in [0.25, 0.3) is 0 Å². The molecule has 0 spiro atoms. The molecule has 0 aliphatic rings. The summed E-state index contributed by atoms with van der Waals surface area (Å²) in [5.74, 6) is 0.648. The van der Waals surface area contributed by atoms with E-state index in [1.807, 2.05) is 18.2 Å². The number of hydrogen-bond donors (Lipinski definition) is 0. The molecule has 4 heteroatoms. The van der Waals surface area contributed by atoms with Crippen LogP contribution in [0.15, 0.2) is 37.6 Å². The number of aryl methyl sites for hydroxylation is 2. The molecule has 2 aromatic carbocycles. The first-order chi connectivity index (χ1) is 9.47. The molecule has 0 fully saturated rings. The molecule has 1 aromatic heterocycles. The molecule has 0 saturated heterocycles. The fourth-order valence-corrected chi connectivity index (χ4v) is 3.30. The smallest absolute Gasteiger partial charge is 0.227 e. The van der Waals surface area contributed by atoms with Gasteiger partial charge in [-0.15, -0.1) is 0 Å². The number of benzene rings is 2. The summed E-state index contributed by atoms with van der Waals surface area (Å²) in [6, 6.07) is 8.15. The van der Waals surface area contributed by atoms with Crippen molar-refractivity contribution in [3.8, 4) is 11.5 Å². The molecule has 0 bridgehead atoms. The Morgan fingerprint density at radius 3 is 2.25 bits per heavy atom. The van der Waals surface area contributed by atoms with E-state index in [2.05, 4.69) is 63.7 Å². The summed E-state index contributed by atoms with van der Waals surface area (Å²) in [7, 11) is 0. The Morgan fingerprint density at radius 1 is 0.950 bits per heavy atom. The normalized spacial score (nSPS) is 11.2. The van der Waals surface area contributed by atoms with Crippen molar-refractivity contribution in [3.63, 3.8) is 0 Å². The number of fused-ring (bicyclic) bond motifs is 1. The molecule has 0 aliphatic carbocycles. The van der Waals surface area contributed by atoms with Crippen LogP contribution in [0.2, 0.25) is 0 Å². The second kappa shape index (κ2) is 5.01. The Kier molecular flexibility index (Phi) is 3.46. The van der Waals surface area contributed by atoms with E-state index in [4.69, 9.17) is 4.42 Å². The number of nitrogens with zero attached hydrogens (tertiary/aromatic N) is 1. The standard InChI is InChI=1S/C16H13Br2NO/c1-8-4-5-14-15(9(8)2)20-16(19-14)11-6-12(17)10(3)13(18)7-11/h4-7H,1-3H3. The summed E-state index contributed by atoms with van der Waals surface area (Å²) in [6.07, 6.45) is 0. The molecule has 0 radical (unpaired) electrons. The van der Waals surface area contributed by atoms with Crippen molar-refractivity contribution in [1.29, 1.82) is 0 Å². The lowest BCUT2D eigenvalue weighted by Crippen LogP contribution is -1.83. The van der Waals surface area contributed by atoms with E-state index in [1.54, 1.807) is 0 Å². The molecule has 20 heavy (non-hydrogen) atoms. The zero-order valence-corrected chi connectivity index (χ0v) is 14.6. The van der Waals surface area contributed by atoms with Gasteiger partial charge in [0, 0.05) is 14.5 Å². The van der Waals surface area contributed by atoms with Gasteiger partial charge < -0.3 is 4.42 Å². The third-order valence-electron chi connectivity index (χ3n) is 3.60. The number of aromatic nitrogens is 1. The van der Waals surface area contributed by atoms with Crippen molar-refractivity contribution in [3.05, 3.63) is 49.9 Å². The molecule has 0 N–H and O–H groups in total. The van der Waals surface area contributed by atoms with Gasteiger partial charge in [0.1, 0.15) is 5.52 Å². The molecular formula is C16H13Br2NO. The fourth-order valence-electron chi connectivity index (χ4n) is 2.11. The van der Waals surface area contributed by atoms with Crippen molar-refractivity contribution in [2.75, 3.05) is 0 Å². The summed E-state index contributed by atoms with van der Waals surface area (Å²) in [5.41, 5.74) is 6.25. The van der Waals surface area contributed by atoms with Gasteiger partial charge >= 0.3 is 0 Å². The first-order valence-electron chi connectivity index (χ1n) is 6.30. The predicted molar refractivity (Wildman–Crippen MR) is 89.1 cm³/mol. The monoisotopic (exact) mass is 393 g/mol. The first kappa shape index (κ1) is 13.8. The summed E-state index contributed by atoms with van der Waals surface area (Å²) in [6.45, 7) is 6.20. The van der Waals surface area contributed by atoms with Crippen LogP contribution in [0.3, 0.4) is 0 Å². The van der Waals surface area contributed by atoms with Gasteiger partial charge in [0.15, 0.2) is 5.58 Å². The van der Waals surface area contributed by atoms with Gasteiger partial charge in [-0.2, -0.15) is 0 Å². The Morgan fingerprint density at radius 2 is 1.60 bits per heavy atom. The maximum Gasteiger partial charge on any atom is 0.227 e. The van der Waals surface area contributed by atoms with Gasteiger partial charge in [0.2, 0.25) is 5.89 Å². The van der Waals surface area contributed by atoms with Crippen LogP contribution >= 0.6 is 31.9 Å². The average Bonchev–Trinajstić information content (AvgIpc) is 2.84. The van der Waals surface area contributed by atoms with Gasteiger partial charge in [-0.05, 0) is 55.7 Å². The Labute approximate surface area is 134 Å². The van der Waals surface area contributed by atoms with Gasteiger partial charge in [-0.25, -0.2) is 4.98 Å². The van der Waals surface area contributed by atoms with Crippen LogP contribution in [0, 0.1) is 20.8 Å². The zero-order valence-electron chi connectivity index (χ0n) is 11.4. The third kappa shape index (κ3) is 2.21. The maximum absolute atomic E-state index is 5.96. The minimum Gasteiger partial charge on any atom is -0.436 e. The highest BCUT2D eigenvalue weighted by molar-refractivity contribution is 9.11. The summed E-state index contributed by atoms with van der Waals surface area (Å²) in [5, 5.41) is 0. The molecule has 0 atom stereocenters. The summed E-state index contributed by atoms with van der Waals surface area (Å²) < 4.78 is 8.04. The van der Waals surface area contributed by atoms with Crippen LogP contribution in [0.1, 0.15) is 16.7 Å². The quantitative estimate of drug-likeness (QED) is 0.510. The van der Waals surface area contributed by atoms with Crippen molar-refractivity contribution in [2.24, 2.45) is 0 Å². The second-order valence-electron chi connectivity index (χ2n) is 4.94. The van der Waals surface area contributed by atoms with Crippen molar-refractivity contribution >= 4 is 43.0 Å². The van der Waals surface area contributed by atoms with Crippen LogP contribution in [-0.4, -0.2) is 4.98 Å². The highest BCUT2D eigenvalue weighted by atomic mass is 79.9. The van der Waals surface area contributed by atoms with Crippen molar-refractivity contribution in [2.45, 2.75) is 20.8 Å². The summed E-state index contributed by atoms with van der Waals surface area (Å²) >= 11 is 7.13. The topological polar surface area (TPSA) is 26.0 Å². The molecule has 3 rings (SSSR count). The molecule has 0 unspecified atom stereocenters. The highest BCUT2D eigenvalue weighted by Gasteiger charge is 2.13. The lowest BCUT2D eigenvalue weighted by atomic mass is 10.1. The van der Waals surface area contributed by atoms with E-state index in [-0.39, 0.29) is 0 Å². The van der Waals surface area contributed by atoms with E-state index in [0.29, 0.717) is 5.89 Å². The van der Waals surface area contributed by atoms with E-state index in [0.717, 1.165) is 36.7 Å². The minimum absolute atomic E-state index is 0.648. The molecule has 2 nitrogen and oxygen atoms in total. The van der Waals surface area contributed by atoms with Gasteiger partial charge in [-0.1, -0.05) is 37.9 Å². The highest BCUT2D eigenvalue weighted by Crippen LogP contribution is 2.33. The largest absolute Gasteiger partial charge is 0.436 e. The Balaban J connectivity index is 2.23. The SMILES string of the molecule is Cc1ccc2nc(-c3cc(Br)c(C)c(Br)c3)oc2c1C. The zero-order chi connectivity index (χ0) is 14.4. The minimum atomic E-state index is 0.648. The van der Waals surface area contributed by atoms with Crippen LogP contribution in [-0.2, 0) is 0 Å². The number of rotatable bonds is 1. The predicted octanol–water partition coefficient (Wildman–Crippen LogP) is 5.95. The maximum atomic E-state index is 5.96. The van der Waals surface area contributed by atoms with Crippen LogP contribution in [0.4, 0.5) is 0 Å². The average molecular weight is 395 g/mol. The number of hydrogen-bond acceptors (Lipinski definition) is 2. The Bertz CT molecular complexity index is 798. The van der Waals surface area contributed by atoms with Crippen LogP contribution in [0.5, 0.6) is 0 Å². The van der Waals surface area contributed by atoms with E-state index in [9.17, 15) is 0 Å². The molecule has 0 amide bonds. The fraction of sp³-hybridized carbons (Fsp3) is 0.188. The van der Waals surface area contributed by atoms with E-state index < -0.39 is 0 Å².